The number of aryl methyl sites for hydroxylation is 2. The van der Waals surface area contributed by atoms with Gasteiger partial charge in [0.25, 0.3) is 5.91 Å². The molecular formula is C21H22N2O2. The third-order valence-corrected chi connectivity index (χ3v) is 4.31. The molecule has 1 amide bonds. The van der Waals surface area contributed by atoms with Crippen LogP contribution in [0, 0.1) is 13.8 Å². The number of rotatable bonds is 5. The summed E-state index contributed by atoms with van der Waals surface area (Å²) in [6, 6.07) is 15.7. The number of nitrogens with one attached hydrogen (secondary N) is 1. The number of carbonyl (C=O) groups excluding carboxylic acids is 1. The van der Waals surface area contributed by atoms with Crippen LogP contribution in [-0.4, -0.2) is 22.5 Å². The number of hydrogen-bond donors (Lipinski definition) is 2. The van der Waals surface area contributed by atoms with E-state index in [4.69, 9.17) is 5.11 Å². The first-order valence-electron chi connectivity index (χ1n) is 8.41. The fourth-order valence-corrected chi connectivity index (χ4v) is 2.83. The maximum Gasteiger partial charge on any atom is 0.253 e. The Labute approximate surface area is 147 Å². The molecule has 3 rings (SSSR count). The van der Waals surface area contributed by atoms with Gasteiger partial charge in [0.1, 0.15) is 0 Å². The lowest BCUT2D eigenvalue weighted by atomic mass is 10.1. The molecule has 0 fully saturated rings. The molecule has 128 valence electrons. The van der Waals surface area contributed by atoms with Crippen molar-refractivity contribution in [2.75, 3.05) is 6.54 Å². The monoisotopic (exact) mass is 334 g/mol. The van der Waals surface area contributed by atoms with E-state index >= 15 is 0 Å². The standard InChI is InChI=1S/C21H22N2O2/c1-14-3-8-18-12-19(15(2)23-20(18)11-14)21(25)22-10-9-16-4-6-17(13-24)7-5-16/h3-8,11-12,24H,9-10,13H2,1-2H3,(H,22,25). The summed E-state index contributed by atoms with van der Waals surface area (Å²) in [5.41, 5.74) is 5.44. The highest BCUT2D eigenvalue weighted by Gasteiger charge is 2.11. The van der Waals surface area contributed by atoms with Crippen molar-refractivity contribution in [3.05, 3.63) is 76.5 Å². The van der Waals surface area contributed by atoms with E-state index in [-0.39, 0.29) is 12.5 Å². The Morgan fingerprint density at radius 1 is 1.04 bits per heavy atom. The Kier molecular flexibility index (Phi) is 5.10. The van der Waals surface area contributed by atoms with Crippen molar-refractivity contribution in [3.8, 4) is 0 Å². The second kappa shape index (κ2) is 7.45. The van der Waals surface area contributed by atoms with Crippen molar-refractivity contribution in [2.24, 2.45) is 0 Å². The molecule has 0 aliphatic heterocycles. The highest BCUT2D eigenvalue weighted by molar-refractivity contribution is 5.98. The topological polar surface area (TPSA) is 62.2 Å². The molecule has 0 spiro atoms. The van der Waals surface area contributed by atoms with Crippen LogP contribution >= 0.6 is 0 Å². The van der Waals surface area contributed by atoms with E-state index in [2.05, 4.69) is 10.3 Å². The zero-order chi connectivity index (χ0) is 17.8. The Bertz CT molecular complexity index is 902. The zero-order valence-corrected chi connectivity index (χ0v) is 14.5. The maximum absolute atomic E-state index is 12.5. The number of nitrogens with zero attached hydrogens (tertiary/aromatic N) is 1. The highest BCUT2D eigenvalue weighted by Crippen LogP contribution is 2.18. The number of amides is 1. The Balaban J connectivity index is 1.67. The summed E-state index contributed by atoms with van der Waals surface area (Å²) >= 11 is 0. The van der Waals surface area contributed by atoms with Gasteiger partial charge in [-0.15, -0.1) is 0 Å². The van der Waals surface area contributed by atoms with Gasteiger partial charge in [-0.1, -0.05) is 36.4 Å². The van der Waals surface area contributed by atoms with Crippen LogP contribution in [0.5, 0.6) is 0 Å². The number of aromatic nitrogens is 1. The SMILES string of the molecule is Cc1ccc2cc(C(=O)NCCc3ccc(CO)cc3)c(C)nc2c1. The molecule has 0 bridgehead atoms. The Morgan fingerprint density at radius 3 is 2.48 bits per heavy atom. The second-order valence-corrected chi connectivity index (χ2v) is 6.30. The average molecular weight is 334 g/mol. The van der Waals surface area contributed by atoms with Gasteiger partial charge in [0.05, 0.1) is 23.4 Å². The van der Waals surface area contributed by atoms with Gasteiger partial charge in [0, 0.05) is 11.9 Å². The molecule has 0 saturated heterocycles. The van der Waals surface area contributed by atoms with Crippen LogP contribution in [0.4, 0.5) is 0 Å². The number of aliphatic hydroxyl groups is 1. The van der Waals surface area contributed by atoms with Gasteiger partial charge >= 0.3 is 0 Å². The summed E-state index contributed by atoms with van der Waals surface area (Å²) < 4.78 is 0. The molecule has 0 radical (unpaired) electrons. The lowest BCUT2D eigenvalue weighted by molar-refractivity contribution is 0.0953. The van der Waals surface area contributed by atoms with Gasteiger partial charge in [-0.05, 0) is 49.1 Å². The van der Waals surface area contributed by atoms with Crippen LogP contribution in [0.2, 0.25) is 0 Å². The molecule has 1 aromatic heterocycles. The minimum atomic E-state index is -0.0977. The van der Waals surface area contributed by atoms with E-state index in [0.717, 1.165) is 39.7 Å². The summed E-state index contributed by atoms with van der Waals surface area (Å²) in [5, 5.41) is 13.0. The van der Waals surface area contributed by atoms with Crippen LogP contribution in [-0.2, 0) is 13.0 Å². The van der Waals surface area contributed by atoms with Gasteiger partial charge in [0.15, 0.2) is 0 Å². The van der Waals surface area contributed by atoms with Crippen LogP contribution in [0.1, 0.15) is 32.7 Å². The van der Waals surface area contributed by atoms with Crippen LogP contribution in [0.25, 0.3) is 10.9 Å². The van der Waals surface area contributed by atoms with Gasteiger partial charge in [-0.2, -0.15) is 0 Å². The Morgan fingerprint density at radius 2 is 1.76 bits per heavy atom. The number of pyridine rings is 1. The molecule has 0 unspecified atom stereocenters. The minimum absolute atomic E-state index is 0.0464. The molecule has 4 nitrogen and oxygen atoms in total. The summed E-state index contributed by atoms with van der Waals surface area (Å²) in [4.78, 5) is 17.0. The first-order chi connectivity index (χ1) is 12.1. The van der Waals surface area contributed by atoms with Crippen molar-refractivity contribution < 1.29 is 9.90 Å². The van der Waals surface area contributed by atoms with Gasteiger partial charge in [-0.25, -0.2) is 0 Å². The van der Waals surface area contributed by atoms with Crippen molar-refractivity contribution in [2.45, 2.75) is 26.9 Å². The first-order valence-corrected chi connectivity index (χ1v) is 8.41. The minimum Gasteiger partial charge on any atom is -0.392 e. The van der Waals surface area contributed by atoms with Crippen molar-refractivity contribution >= 4 is 16.8 Å². The molecule has 0 atom stereocenters. The molecular weight excluding hydrogens is 312 g/mol. The first kappa shape index (κ1) is 17.1. The number of fused-ring (bicyclic) bond motifs is 1. The molecule has 2 N–H and O–H groups in total. The molecule has 0 aliphatic rings. The zero-order valence-electron chi connectivity index (χ0n) is 14.5. The van der Waals surface area contributed by atoms with E-state index in [0.29, 0.717) is 12.1 Å². The molecule has 3 aromatic rings. The highest BCUT2D eigenvalue weighted by atomic mass is 16.3. The molecule has 4 heteroatoms. The van der Waals surface area contributed by atoms with Crippen molar-refractivity contribution in [3.63, 3.8) is 0 Å². The van der Waals surface area contributed by atoms with Gasteiger partial charge < -0.3 is 10.4 Å². The van der Waals surface area contributed by atoms with Crippen LogP contribution in [0.15, 0.2) is 48.5 Å². The lowest BCUT2D eigenvalue weighted by Crippen LogP contribution is -2.26. The number of aliphatic hydroxyl groups excluding tert-OH is 1. The van der Waals surface area contributed by atoms with Gasteiger partial charge in [-0.3, -0.25) is 9.78 Å². The fourth-order valence-electron chi connectivity index (χ4n) is 2.83. The van der Waals surface area contributed by atoms with E-state index in [1.54, 1.807) is 0 Å². The smallest absolute Gasteiger partial charge is 0.253 e. The van der Waals surface area contributed by atoms with Gasteiger partial charge in [0.2, 0.25) is 0 Å². The largest absolute Gasteiger partial charge is 0.392 e. The molecule has 25 heavy (non-hydrogen) atoms. The van der Waals surface area contributed by atoms with Crippen LogP contribution < -0.4 is 5.32 Å². The van der Waals surface area contributed by atoms with E-state index in [9.17, 15) is 4.79 Å². The third kappa shape index (κ3) is 4.03. The predicted octanol–water partition coefficient (Wildman–Crippen LogP) is 3.32. The van der Waals surface area contributed by atoms with E-state index in [1.807, 2.05) is 62.4 Å². The fraction of sp³-hybridized carbons (Fsp3) is 0.238. The Hall–Kier alpha value is -2.72. The number of hydrogen-bond acceptors (Lipinski definition) is 3. The van der Waals surface area contributed by atoms with E-state index in [1.165, 1.54) is 0 Å². The summed E-state index contributed by atoms with van der Waals surface area (Å²) in [6.07, 6.45) is 0.747. The quantitative estimate of drug-likeness (QED) is 0.752. The summed E-state index contributed by atoms with van der Waals surface area (Å²) in [6.45, 7) is 4.50. The average Bonchev–Trinajstić information content (AvgIpc) is 2.61. The van der Waals surface area contributed by atoms with Crippen molar-refractivity contribution in [1.82, 2.24) is 10.3 Å². The number of carbonyl (C=O) groups is 1. The van der Waals surface area contributed by atoms with Crippen LogP contribution in [0.3, 0.4) is 0 Å². The lowest BCUT2D eigenvalue weighted by Gasteiger charge is -2.09. The summed E-state index contributed by atoms with van der Waals surface area (Å²) in [7, 11) is 0. The third-order valence-electron chi connectivity index (χ3n) is 4.31. The predicted molar refractivity (Wildman–Crippen MR) is 99.6 cm³/mol. The van der Waals surface area contributed by atoms with E-state index < -0.39 is 0 Å². The molecule has 2 aromatic carbocycles. The molecule has 0 saturated carbocycles. The summed E-state index contributed by atoms with van der Waals surface area (Å²) in [5.74, 6) is -0.0977. The normalized spacial score (nSPS) is 10.8. The second-order valence-electron chi connectivity index (χ2n) is 6.30. The molecule has 1 heterocycles. The molecule has 0 aliphatic carbocycles. The number of benzene rings is 2. The van der Waals surface area contributed by atoms with Crippen molar-refractivity contribution in [1.29, 1.82) is 0 Å². The maximum atomic E-state index is 12.5.